The van der Waals surface area contributed by atoms with Crippen LogP contribution in [0.4, 0.5) is 5.82 Å². The molecule has 3 aromatic heterocycles. The van der Waals surface area contributed by atoms with E-state index in [9.17, 15) is 0 Å². The molecule has 136 valence electrons. The van der Waals surface area contributed by atoms with Crippen molar-refractivity contribution in [2.24, 2.45) is 0 Å². The Morgan fingerprint density at radius 3 is 2.74 bits per heavy atom. The Bertz CT molecular complexity index is 1120. The molecule has 0 aliphatic carbocycles. The standard InChI is InChI=1S/C21H19BrN4O/c1-12-11-27-20-5-4-15(7-18(12)20)19-8-21(26-14(3)25-19)24-13(2)16-6-17(22)10-23-9-16/h4-11,13H,1-3H3,(H,24,25,26). The van der Waals surface area contributed by atoms with Crippen LogP contribution in [-0.4, -0.2) is 15.0 Å². The highest BCUT2D eigenvalue weighted by atomic mass is 79.9. The third-order valence-corrected chi connectivity index (χ3v) is 4.92. The lowest BCUT2D eigenvalue weighted by atomic mass is 10.1. The zero-order chi connectivity index (χ0) is 19.0. The molecule has 0 bridgehead atoms. The molecule has 0 saturated heterocycles. The first kappa shape index (κ1) is 17.7. The minimum Gasteiger partial charge on any atom is -0.464 e. The Hall–Kier alpha value is -2.73. The number of benzene rings is 1. The van der Waals surface area contributed by atoms with Crippen molar-refractivity contribution >= 4 is 32.7 Å². The van der Waals surface area contributed by atoms with Crippen LogP contribution >= 0.6 is 15.9 Å². The summed E-state index contributed by atoms with van der Waals surface area (Å²) >= 11 is 3.47. The quantitative estimate of drug-likeness (QED) is 0.447. The van der Waals surface area contributed by atoms with E-state index >= 15 is 0 Å². The smallest absolute Gasteiger partial charge is 0.134 e. The predicted molar refractivity (Wildman–Crippen MR) is 111 cm³/mol. The van der Waals surface area contributed by atoms with Gasteiger partial charge in [-0.15, -0.1) is 0 Å². The van der Waals surface area contributed by atoms with Crippen molar-refractivity contribution in [2.45, 2.75) is 26.8 Å². The largest absolute Gasteiger partial charge is 0.464 e. The molecule has 0 spiro atoms. The van der Waals surface area contributed by atoms with Crippen LogP contribution in [0.15, 0.2) is 57.9 Å². The molecule has 0 fully saturated rings. The first-order valence-corrected chi connectivity index (χ1v) is 9.50. The maximum atomic E-state index is 5.54. The highest BCUT2D eigenvalue weighted by Crippen LogP contribution is 2.28. The molecule has 27 heavy (non-hydrogen) atoms. The number of rotatable bonds is 4. The van der Waals surface area contributed by atoms with E-state index in [1.54, 1.807) is 12.5 Å². The summed E-state index contributed by atoms with van der Waals surface area (Å²) in [6.45, 7) is 6.03. The average molecular weight is 423 g/mol. The maximum Gasteiger partial charge on any atom is 0.134 e. The van der Waals surface area contributed by atoms with Gasteiger partial charge in [0.05, 0.1) is 18.0 Å². The van der Waals surface area contributed by atoms with E-state index < -0.39 is 0 Å². The number of fused-ring (bicyclic) bond motifs is 1. The van der Waals surface area contributed by atoms with Gasteiger partial charge < -0.3 is 9.73 Å². The normalized spacial score (nSPS) is 12.3. The van der Waals surface area contributed by atoms with Gasteiger partial charge in [0.2, 0.25) is 0 Å². The van der Waals surface area contributed by atoms with Gasteiger partial charge in [0.15, 0.2) is 0 Å². The lowest BCUT2D eigenvalue weighted by Crippen LogP contribution is -2.09. The lowest BCUT2D eigenvalue weighted by Gasteiger charge is -2.16. The number of aryl methyl sites for hydroxylation is 2. The predicted octanol–water partition coefficient (Wildman–Crippen LogP) is 5.84. The number of hydrogen-bond donors (Lipinski definition) is 1. The summed E-state index contributed by atoms with van der Waals surface area (Å²) in [4.78, 5) is 13.4. The van der Waals surface area contributed by atoms with Crippen LogP contribution in [0.2, 0.25) is 0 Å². The van der Waals surface area contributed by atoms with Crippen molar-refractivity contribution in [1.29, 1.82) is 0 Å². The Labute approximate surface area is 166 Å². The summed E-state index contributed by atoms with van der Waals surface area (Å²) in [7, 11) is 0. The Kier molecular flexibility index (Phi) is 4.66. The van der Waals surface area contributed by atoms with Crippen LogP contribution in [0.25, 0.3) is 22.2 Å². The van der Waals surface area contributed by atoms with Crippen LogP contribution in [0.5, 0.6) is 0 Å². The molecule has 1 unspecified atom stereocenters. The molecule has 0 saturated carbocycles. The summed E-state index contributed by atoms with van der Waals surface area (Å²) in [5.41, 5.74) is 5.00. The number of furan rings is 1. The molecule has 0 radical (unpaired) electrons. The number of hydrogen-bond acceptors (Lipinski definition) is 5. The van der Waals surface area contributed by atoms with Crippen molar-refractivity contribution in [2.75, 3.05) is 5.32 Å². The molecule has 4 rings (SSSR count). The SMILES string of the molecule is Cc1nc(NC(C)c2cncc(Br)c2)cc(-c2ccc3occ(C)c3c2)n1. The molecular formula is C21H19BrN4O. The maximum absolute atomic E-state index is 5.54. The summed E-state index contributed by atoms with van der Waals surface area (Å²) in [6, 6.07) is 10.2. The van der Waals surface area contributed by atoms with Crippen LogP contribution in [0.3, 0.4) is 0 Å². The van der Waals surface area contributed by atoms with E-state index in [1.807, 2.05) is 38.2 Å². The molecule has 0 aliphatic rings. The molecule has 1 aromatic carbocycles. The average Bonchev–Trinajstić information content (AvgIpc) is 3.02. The second-order valence-corrected chi connectivity index (χ2v) is 7.53. The van der Waals surface area contributed by atoms with Gasteiger partial charge in [-0.2, -0.15) is 0 Å². The number of halogens is 1. The van der Waals surface area contributed by atoms with E-state index in [-0.39, 0.29) is 6.04 Å². The fourth-order valence-corrected chi connectivity index (χ4v) is 3.46. The number of pyridine rings is 1. The van der Waals surface area contributed by atoms with Crippen molar-refractivity contribution in [3.05, 3.63) is 70.4 Å². The fraction of sp³-hybridized carbons (Fsp3) is 0.190. The van der Waals surface area contributed by atoms with Gasteiger partial charge in [-0.05, 0) is 72.1 Å². The molecular weight excluding hydrogens is 404 g/mol. The van der Waals surface area contributed by atoms with E-state index in [2.05, 4.69) is 55.3 Å². The van der Waals surface area contributed by atoms with Gasteiger partial charge in [-0.1, -0.05) is 0 Å². The van der Waals surface area contributed by atoms with Gasteiger partial charge in [0.1, 0.15) is 17.2 Å². The van der Waals surface area contributed by atoms with Crippen LogP contribution in [0.1, 0.15) is 29.9 Å². The van der Waals surface area contributed by atoms with E-state index in [1.165, 1.54) is 0 Å². The third-order valence-electron chi connectivity index (χ3n) is 4.49. The summed E-state index contributed by atoms with van der Waals surface area (Å²) < 4.78 is 6.50. The van der Waals surface area contributed by atoms with Crippen molar-refractivity contribution in [1.82, 2.24) is 15.0 Å². The summed E-state index contributed by atoms with van der Waals surface area (Å²) in [6.07, 6.45) is 5.41. The van der Waals surface area contributed by atoms with Gasteiger partial charge in [0, 0.05) is 33.9 Å². The van der Waals surface area contributed by atoms with Gasteiger partial charge >= 0.3 is 0 Å². The first-order valence-electron chi connectivity index (χ1n) is 8.70. The van der Waals surface area contributed by atoms with E-state index in [0.717, 1.165) is 49.5 Å². The second kappa shape index (κ2) is 7.12. The minimum atomic E-state index is 0.0655. The van der Waals surface area contributed by atoms with Crippen molar-refractivity contribution in [3.63, 3.8) is 0 Å². The molecule has 1 N–H and O–H groups in total. The molecule has 0 amide bonds. The first-order chi connectivity index (χ1) is 13.0. The zero-order valence-electron chi connectivity index (χ0n) is 15.3. The summed E-state index contributed by atoms with van der Waals surface area (Å²) in [5, 5.41) is 4.55. The highest BCUT2D eigenvalue weighted by Gasteiger charge is 2.11. The number of nitrogens with zero attached hydrogens (tertiary/aromatic N) is 3. The summed E-state index contributed by atoms with van der Waals surface area (Å²) in [5.74, 6) is 1.51. The van der Waals surface area contributed by atoms with Gasteiger partial charge in [-0.3, -0.25) is 4.98 Å². The Balaban J connectivity index is 1.67. The molecule has 3 heterocycles. The second-order valence-electron chi connectivity index (χ2n) is 6.62. The van der Waals surface area contributed by atoms with Crippen molar-refractivity contribution in [3.8, 4) is 11.3 Å². The zero-order valence-corrected chi connectivity index (χ0v) is 16.9. The number of anilines is 1. The van der Waals surface area contributed by atoms with E-state index in [0.29, 0.717) is 0 Å². The number of nitrogens with one attached hydrogen (secondary N) is 1. The van der Waals surface area contributed by atoms with E-state index in [4.69, 9.17) is 4.42 Å². The molecule has 5 nitrogen and oxygen atoms in total. The Morgan fingerprint density at radius 2 is 1.93 bits per heavy atom. The minimum absolute atomic E-state index is 0.0655. The third kappa shape index (κ3) is 3.71. The molecule has 1 atom stereocenters. The van der Waals surface area contributed by atoms with Crippen LogP contribution < -0.4 is 5.32 Å². The Morgan fingerprint density at radius 1 is 1.07 bits per heavy atom. The lowest BCUT2D eigenvalue weighted by molar-refractivity contribution is 0.613. The van der Waals surface area contributed by atoms with Crippen LogP contribution in [-0.2, 0) is 0 Å². The van der Waals surface area contributed by atoms with Crippen molar-refractivity contribution < 1.29 is 4.42 Å². The van der Waals surface area contributed by atoms with Crippen LogP contribution in [0, 0.1) is 13.8 Å². The molecule has 0 aliphatic heterocycles. The monoisotopic (exact) mass is 422 g/mol. The van der Waals surface area contributed by atoms with Gasteiger partial charge in [0.25, 0.3) is 0 Å². The molecule has 4 aromatic rings. The topological polar surface area (TPSA) is 63.8 Å². The fourth-order valence-electron chi connectivity index (χ4n) is 3.08. The van der Waals surface area contributed by atoms with Gasteiger partial charge in [-0.25, -0.2) is 9.97 Å². The molecule has 6 heteroatoms. The highest BCUT2D eigenvalue weighted by molar-refractivity contribution is 9.10. The number of aromatic nitrogens is 3.